The first-order valence-corrected chi connectivity index (χ1v) is 11.3. The molecule has 2 atom stereocenters. The average Bonchev–Trinajstić information content (AvgIpc) is 2.70. The van der Waals surface area contributed by atoms with Crippen molar-refractivity contribution in [3.05, 3.63) is 59.7 Å². The number of benzene rings is 2. The molecule has 2 saturated heterocycles. The molecule has 158 valence electrons. The van der Waals surface area contributed by atoms with E-state index in [0.29, 0.717) is 11.5 Å². The second-order valence-corrected chi connectivity index (χ2v) is 8.71. The summed E-state index contributed by atoms with van der Waals surface area (Å²) < 4.78 is 33.2. The molecule has 2 heterocycles. The molecule has 4 nitrogen and oxygen atoms in total. The Kier molecular flexibility index (Phi) is 5.93. The molecule has 5 rings (SSSR count). The van der Waals surface area contributed by atoms with Gasteiger partial charge in [0.2, 0.25) is 5.78 Å². The van der Waals surface area contributed by atoms with Crippen molar-refractivity contribution in [1.82, 2.24) is 9.62 Å². The molecule has 0 spiro atoms. The number of rotatable bonds is 6. The summed E-state index contributed by atoms with van der Waals surface area (Å²) >= 11 is 1.44. The van der Waals surface area contributed by atoms with Crippen molar-refractivity contribution in [1.29, 1.82) is 0 Å². The molecule has 0 unspecified atom stereocenters. The van der Waals surface area contributed by atoms with E-state index in [-0.39, 0.29) is 29.6 Å². The molecule has 7 heteroatoms. The van der Waals surface area contributed by atoms with Gasteiger partial charge in [-0.2, -0.15) is 0 Å². The molecule has 1 amide bonds. The molecule has 2 aliphatic heterocycles. The van der Waals surface area contributed by atoms with Crippen LogP contribution in [0.5, 0.6) is 0 Å². The minimum atomic E-state index is -0.545. The number of amides is 1. The van der Waals surface area contributed by atoms with E-state index >= 15 is 4.39 Å². The molecule has 2 aromatic rings. The standard InChI is InChI=1S/C23H24F2N2O2S/c1-13(28)23(29)27-18-9-16(10-18)22(26-30-2)20(27)11-15-8-17(24)12-19(21(15)25)14-6-4-3-5-7-14/h3-8,12,16,18,20,22,26H,9-11H2,1-2H3/t16?,18?,20-,22-/m0/s1. The van der Waals surface area contributed by atoms with Crippen LogP contribution >= 0.6 is 11.9 Å². The van der Waals surface area contributed by atoms with Crippen molar-refractivity contribution in [2.75, 3.05) is 6.26 Å². The van der Waals surface area contributed by atoms with Gasteiger partial charge in [0.05, 0.1) is 6.04 Å². The number of hydrogen-bond donors (Lipinski definition) is 1. The summed E-state index contributed by atoms with van der Waals surface area (Å²) in [5.74, 6) is -1.73. The lowest BCUT2D eigenvalue weighted by Crippen LogP contribution is -2.69. The number of Topliss-reactive ketones (excluding diaryl/α,β-unsaturated/α-hetero) is 1. The van der Waals surface area contributed by atoms with Crippen LogP contribution in [0.2, 0.25) is 0 Å². The van der Waals surface area contributed by atoms with Crippen LogP contribution in [0, 0.1) is 17.6 Å². The van der Waals surface area contributed by atoms with E-state index in [4.69, 9.17) is 0 Å². The van der Waals surface area contributed by atoms with E-state index in [1.807, 2.05) is 12.3 Å². The zero-order valence-corrected chi connectivity index (χ0v) is 17.7. The number of carbonyl (C=O) groups excluding carboxylic acids is 2. The molecular weight excluding hydrogens is 406 g/mol. The molecule has 3 fully saturated rings. The van der Waals surface area contributed by atoms with E-state index in [1.54, 1.807) is 29.2 Å². The fourth-order valence-corrected chi connectivity index (χ4v) is 5.41. The topological polar surface area (TPSA) is 49.4 Å². The first kappa shape index (κ1) is 21.0. The molecule has 0 radical (unpaired) electrons. The number of piperidine rings is 2. The van der Waals surface area contributed by atoms with Gasteiger partial charge in [-0.1, -0.05) is 42.3 Å². The normalized spacial score (nSPS) is 25.0. The number of fused-ring (bicyclic) bond motifs is 2. The van der Waals surface area contributed by atoms with E-state index in [2.05, 4.69) is 4.72 Å². The second-order valence-electron chi connectivity index (χ2n) is 8.07. The van der Waals surface area contributed by atoms with Gasteiger partial charge in [0.1, 0.15) is 11.6 Å². The summed E-state index contributed by atoms with van der Waals surface area (Å²) in [5.41, 5.74) is 1.01. The summed E-state index contributed by atoms with van der Waals surface area (Å²) in [6.07, 6.45) is 3.70. The quantitative estimate of drug-likeness (QED) is 0.556. The van der Waals surface area contributed by atoms with Gasteiger partial charge in [0, 0.05) is 24.6 Å². The van der Waals surface area contributed by atoms with Gasteiger partial charge in [-0.25, -0.2) is 8.78 Å². The molecular formula is C23H24F2N2O2S. The Labute approximate surface area is 179 Å². The van der Waals surface area contributed by atoms with Crippen molar-refractivity contribution in [3.8, 4) is 11.1 Å². The van der Waals surface area contributed by atoms with Gasteiger partial charge in [-0.05, 0) is 54.7 Å². The van der Waals surface area contributed by atoms with E-state index < -0.39 is 29.4 Å². The van der Waals surface area contributed by atoms with Gasteiger partial charge >= 0.3 is 0 Å². The zero-order valence-electron chi connectivity index (χ0n) is 16.9. The van der Waals surface area contributed by atoms with Crippen LogP contribution in [0.4, 0.5) is 8.78 Å². The number of ketones is 1. The third-order valence-corrected chi connectivity index (χ3v) is 6.75. The Bertz CT molecular complexity index is 963. The minimum absolute atomic E-state index is 0.0125. The van der Waals surface area contributed by atoms with E-state index in [9.17, 15) is 14.0 Å². The fourth-order valence-electron chi connectivity index (χ4n) is 4.79. The predicted octanol–water partition coefficient (Wildman–Crippen LogP) is 3.99. The Morgan fingerprint density at radius 1 is 1.17 bits per heavy atom. The Hall–Kier alpha value is -2.25. The van der Waals surface area contributed by atoms with E-state index in [0.717, 1.165) is 12.8 Å². The fraction of sp³-hybridized carbons (Fsp3) is 0.391. The second kappa shape index (κ2) is 8.47. The number of hydrogen-bond acceptors (Lipinski definition) is 4. The van der Waals surface area contributed by atoms with Crippen molar-refractivity contribution in [2.45, 2.75) is 44.3 Å². The highest BCUT2D eigenvalue weighted by Gasteiger charge is 2.52. The number of nitrogens with one attached hydrogen (secondary N) is 1. The van der Waals surface area contributed by atoms with Gasteiger partial charge in [0.25, 0.3) is 5.91 Å². The SMILES string of the molecule is CSN[C@H]1C2CC(C2)N(C(=O)C(C)=O)[C@H]1Cc1cc(F)cc(-c2ccccc2)c1F. The van der Waals surface area contributed by atoms with Crippen LogP contribution in [0.15, 0.2) is 42.5 Å². The van der Waals surface area contributed by atoms with Crippen molar-refractivity contribution >= 4 is 23.6 Å². The lowest BCUT2D eigenvalue weighted by molar-refractivity contribution is -0.156. The number of carbonyl (C=O) groups is 2. The van der Waals surface area contributed by atoms with Crippen molar-refractivity contribution in [3.63, 3.8) is 0 Å². The van der Waals surface area contributed by atoms with Gasteiger partial charge in [-0.3, -0.25) is 14.3 Å². The van der Waals surface area contributed by atoms with Gasteiger partial charge in [-0.15, -0.1) is 0 Å². The lowest BCUT2D eigenvalue weighted by Gasteiger charge is -2.57. The molecule has 30 heavy (non-hydrogen) atoms. The number of halogens is 2. The zero-order chi connectivity index (χ0) is 21.4. The maximum Gasteiger partial charge on any atom is 0.290 e. The first-order valence-electron chi connectivity index (χ1n) is 10.1. The predicted molar refractivity (Wildman–Crippen MR) is 114 cm³/mol. The summed E-state index contributed by atoms with van der Waals surface area (Å²) in [6.45, 7) is 1.26. The van der Waals surface area contributed by atoms with E-state index in [1.165, 1.54) is 31.0 Å². The Morgan fingerprint density at radius 2 is 1.87 bits per heavy atom. The smallest absolute Gasteiger partial charge is 0.290 e. The molecule has 1 aliphatic carbocycles. The van der Waals surface area contributed by atoms with Crippen molar-refractivity contribution < 1.29 is 18.4 Å². The minimum Gasteiger partial charge on any atom is -0.328 e. The summed E-state index contributed by atoms with van der Waals surface area (Å²) in [5, 5.41) is 0. The van der Waals surface area contributed by atoms with Gasteiger partial charge in [0.15, 0.2) is 0 Å². The molecule has 2 bridgehead atoms. The largest absolute Gasteiger partial charge is 0.328 e. The van der Waals surface area contributed by atoms with Gasteiger partial charge < -0.3 is 4.90 Å². The summed E-state index contributed by atoms with van der Waals surface area (Å²) in [4.78, 5) is 26.2. The maximum atomic E-state index is 15.4. The first-order chi connectivity index (χ1) is 14.4. The molecule has 2 aromatic carbocycles. The van der Waals surface area contributed by atoms with Crippen molar-refractivity contribution in [2.24, 2.45) is 5.92 Å². The monoisotopic (exact) mass is 430 g/mol. The number of nitrogens with zero attached hydrogens (tertiary/aromatic N) is 1. The lowest BCUT2D eigenvalue weighted by atomic mass is 9.66. The molecule has 0 aromatic heterocycles. The maximum absolute atomic E-state index is 15.4. The molecule has 1 N–H and O–H groups in total. The van der Waals surface area contributed by atoms with Crippen LogP contribution < -0.4 is 4.72 Å². The van der Waals surface area contributed by atoms with Crippen LogP contribution in [0.3, 0.4) is 0 Å². The van der Waals surface area contributed by atoms with Crippen LogP contribution in [0.25, 0.3) is 11.1 Å². The molecule has 1 saturated carbocycles. The Balaban J connectivity index is 1.72. The van der Waals surface area contributed by atoms with Crippen LogP contribution in [0.1, 0.15) is 25.3 Å². The third kappa shape index (κ3) is 3.76. The highest BCUT2D eigenvalue weighted by Crippen LogP contribution is 2.44. The third-order valence-electron chi connectivity index (χ3n) is 6.24. The highest BCUT2D eigenvalue weighted by atomic mass is 32.2. The average molecular weight is 431 g/mol. The van der Waals surface area contributed by atoms with Crippen LogP contribution in [-0.4, -0.2) is 41.0 Å². The summed E-state index contributed by atoms with van der Waals surface area (Å²) in [7, 11) is 0. The van der Waals surface area contributed by atoms with Crippen LogP contribution in [-0.2, 0) is 16.0 Å². The molecule has 3 aliphatic rings. The summed E-state index contributed by atoms with van der Waals surface area (Å²) in [6, 6.07) is 10.7. The Morgan fingerprint density at radius 3 is 2.50 bits per heavy atom. The highest BCUT2D eigenvalue weighted by molar-refractivity contribution is 7.96.